The molecule has 1 aliphatic carbocycles. The van der Waals surface area contributed by atoms with Crippen LogP contribution in [0.2, 0.25) is 0 Å². The Balaban J connectivity index is 1.75. The molecular formula is C11H20N2. The van der Waals surface area contributed by atoms with Gasteiger partial charge in [-0.3, -0.25) is 4.90 Å². The highest BCUT2D eigenvalue weighted by molar-refractivity contribution is 4.98. The van der Waals surface area contributed by atoms with Crippen LogP contribution in [0.5, 0.6) is 0 Å². The molecule has 0 radical (unpaired) electrons. The van der Waals surface area contributed by atoms with Gasteiger partial charge in [-0.1, -0.05) is 0 Å². The highest BCUT2D eigenvalue weighted by atomic mass is 15.2. The molecule has 0 aromatic heterocycles. The zero-order chi connectivity index (χ0) is 8.67. The molecule has 1 N–H and O–H groups in total. The first-order valence-electron chi connectivity index (χ1n) is 5.90. The average molecular weight is 180 g/mol. The molecule has 3 aliphatic rings. The molecule has 0 aromatic rings. The molecule has 0 aromatic carbocycles. The molecule has 0 spiro atoms. The normalized spacial score (nSPS) is 45.7. The van der Waals surface area contributed by atoms with E-state index in [9.17, 15) is 0 Å². The number of likely N-dealkylation sites (tertiary alicyclic amines) is 1. The lowest BCUT2D eigenvalue weighted by Gasteiger charge is -2.37. The number of nitrogens with one attached hydrogen (secondary N) is 1. The van der Waals surface area contributed by atoms with E-state index in [1.807, 2.05) is 0 Å². The van der Waals surface area contributed by atoms with E-state index < -0.39 is 0 Å². The summed E-state index contributed by atoms with van der Waals surface area (Å²) in [5, 5.41) is 3.57. The highest BCUT2D eigenvalue weighted by Gasteiger charge is 2.42. The smallest absolute Gasteiger partial charge is 0.0176 e. The van der Waals surface area contributed by atoms with Crippen LogP contribution in [0.25, 0.3) is 0 Å². The fraction of sp³-hybridized carbons (Fsp3) is 1.00. The number of hydrogen-bond donors (Lipinski definition) is 1. The van der Waals surface area contributed by atoms with E-state index in [2.05, 4.69) is 10.2 Å². The minimum absolute atomic E-state index is 0.962. The highest BCUT2D eigenvalue weighted by Crippen LogP contribution is 2.38. The van der Waals surface area contributed by atoms with Crippen molar-refractivity contribution in [3.63, 3.8) is 0 Å². The summed E-state index contributed by atoms with van der Waals surface area (Å²) in [6, 6.07) is 0.962. The van der Waals surface area contributed by atoms with Gasteiger partial charge in [0.2, 0.25) is 0 Å². The molecule has 2 atom stereocenters. The summed E-state index contributed by atoms with van der Waals surface area (Å²) >= 11 is 0. The van der Waals surface area contributed by atoms with Gasteiger partial charge in [-0.25, -0.2) is 0 Å². The lowest BCUT2D eigenvalue weighted by molar-refractivity contribution is 0.130. The molecule has 13 heavy (non-hydrogen) atoms. The van der Waals surface area contributed by atoms with Crippen molar-refractivity contribution in [3.8, 4) is 0 Å². The molecule has 74 valence electrons. The molecule has 3 rings (SSSR count). The lowest BCUT2D eigenvalue weighted by Crippen LogP contribution is -2.50. The second-order valence-corrected chi connectivity index (χ2v) is 4.99. The van der Waals surface area contributed by atoms with E-state index in [4.69, 9.17) is 0 Å². The molecule has 2 aliphatic heterocycles. The Hall–Kier alpha value is -0.0800. The van der Waals surface area contributed by atoms with Crippen LogP contribution in [-0.4, -0.2) is 37.1 Å². The first-order valence-corrected chi connectivity index (χ1v) is 5.90. The molecule has 2 heteroatoms. The fourth-order valence-corrected chi connectivity index (χ4v) is 3.69. The maximum atomic E-state index is 3.57. The predicted octanol–water partition coefficient (Wildman–Crippen LogP) is 1.08. The predicted molar refractivity (Wildman–Crippen MR) is 53.7 cm³/mol. The van der Waals surface area contributed by atoms with Crippen molar-refractivity contribution < 1.29 is 0 Å². The van der Waals surface area contributed by atoms with E-state index in [0.717, 1.165) is 17.9 Å². The summed E-state index contributed by atoms with van der Waals surface area (Å²) in [6.07, 6.45) is 5.87. The van der Waals surface area contributed by atoms with E-state index in [0.29, 0.717) is 0 Å². The summed E-state index contributed by atoms with van der Waals surface area (Å²) in [4.78, 5) is 2.78. The standard InChI is InChI=1S/C11H20N2/c1-2-6-13(5-1)11-9-3-4-10(11)8-12-7-9/h9-12H,1-8H2. The van der Waals surface area contributed by atoms with Crippen molar-refractivity contribution in [1.29, 1.82) is 0 Å². The van der Waals surface area contributed by atoms with E-state index >= 15 is 0 Å². The minimum Gasteiger partial charge on any atom is -0.316 e. The number of hydrogen-bond acceptors (Lipinski definition) is 2. The van der Waals surface area contributed by atoms with Crippen molar-refractivity contribution >= 4 is 0 Å². The van der Waals surface area contributed by atoms with Crippen LogP contribution in [0.4, 0.5) is 0 Å². The van der Waals surface area contributed by atoms with Crippen LogP contribution in [0.3, 0.4) is 0 Å². The second-order valence-electron chi connectivity index (χ2n) is 4.99. The maximum Gasteiger partial charge on any atom is 0.0176 e. The molecule has 3 fully saturated rings. The van der Waals surface area contributed by atoms with Crippen molar-refractivity contribution in [2.75, 3.05) is 26.2 Å². The van der Waals surface area contributed by atoms with Gasteiger partial charge in [0.25, 0.3) is 0 Å². The van der Waals surface area contributed by atoms with Gasteiger partial charge in [0, 0.05) is 6.04 Å². The van der Waals surface area contributed by atoms with Crippen LogP contribution in [0.1, 0.15) is 25.7 Å². The van der Waals surface area contributed by atoms with Crippen molar-refractivity contribution in [2.24, 2.45) is 11.8 Å². The summed E-state index contributed by atoms with van der Waals surface area (Å²) in [5.41, 5.74) is 0. The summed E-state index contributed by atoms with van der Waals surface area (Å²) < 4.78 is 0. The maximum absolute atomic E-state index is 3.57. The quantitative estimate of drug-likeness (QED) is 0.649. The van der Waals surface area contributed by atoms with Gasteiger partial charge in [-0.15, -0.1) is 0 Å². The molecular weight excluding hydrogens is 160 g/mol. The Bertz CT molecular complexity index is 171. The third-order valence-electron chi connectivity index (χ3n) is 4.25. The first kappa shape index (κ1) is 8.25. The molecule has 2 unspecified atom stereocenters. The zero-order valence-corrected chi connectivity index (χ0v) is 8.34. The Morgan fingerprint density at radius 1 is 0.923 bits per heavy atom. The molecule has 2 heterocycles. The van der Waals surface area contributed by atoms with E-state index in [1.54, 1.807) is 0 Å². The lowest BCUT2D eigenvalue weighted by atomic mass is 9.92. The van der Waals surface area contributed by atoms with Crippen LogP contribution >= 0.6 is 0 Å². The van der Waals surface area contributed by atoms with Crippen molar-refractivity contribution in [1.82, 2.24) is 10.2 Å². The fourth-order valence-electron chi connectivity index (χ4n) is 3.69. The second kappa shape index (κ2) is 3.25. The van der Waals surface area contributed by atoms with Gasteiger partial charge in [-0.05, 0) is 63.7 Å². The molecule has 2 bridgehead atoms. The molecule has 0 amide bonds. The van der Waals surface area contributed by atoms with E-state index in [1.165, 1.54) is 51.9 Å². The third kappa shape index (κ3) is 1.31. The van der Waals surface area contributed by atoms with Gasteiger partial charge >= 0.3 is 0 Å². The van der Waals surface area contributed by atoms with Gasteiger partial charge in [0.15, 0.2) is 0 Å². The molecule has 1 saturated carbocycles. The topological polar surface area (TPSA) is 15.3 Å². The monoisotopic (exact) mass is 180 g/mol. The Kier molecular flexibility index (Phi) is 2.06. The number of fused-ring (bicyclic) bond motifs is 2. The van der Waals surface area contributed by atoms with Crippen LogP contribution in [0, 0.1) is 11.8 Å². The summed E-state index contributed by atoms with van der Waals surface area (Å²) in [7, 11) is 0. The zero-order valence-electron chi connectivity index (χ0n) is 8.34. The summed E-state index contributed by atoms with van der Waals surface area (Å²) in [6.45, 7) is 5.35. The number of rotatable bonds is 1. The number of piperidine rings is 1. The van der Waals surface area contributed by atoms with E-state index in [-0.39, 0.29) is 0 Å². The largest absolute Gasteiger partial charge is 0.316 e. The molecule has 2 saturated heterocycles. The number of nitrogens with zero attached hydrogens (tertiary/aromatic N) is 1. The van der Waals surface area contributed by atoms with Crippen LogP contribution in [0.15, 0.2) is 0 Å². The minimum atomic E-state index is 0.962. The molecule has 2 nitrogen and oxygen atoms in total. The van der Waals surface area contributed by atoms with Gasteiger partial charge in [-0.2, -0.15) is 0 Å². The van der Waals surface area contributed by atoms with Gasteiger partial charge < -0.3 is 5.32 Å². The van der Waals surface area contributed by atoms with Gasteiger partial charge in [0.1, 0.15) is 0 Å². The Labute approximate surface area is 80.7 Å². The summed E-state index contributed by atoms with van der Waals surface area (Å²) in [5.74, 6) is 1.97. The van der Waals surface area contributed by atoms with Crippen molar-refractivity contribution in [2.45, 2.75) is 31.7 Å². The Morgan fingerprint density at radius 3 is 2.15 bits per heavy atom. The van der Waals surface area contributed by atoms with Crippen LogP contribution in [-0.2, 0) is 0 Å². The van der Waals surface area contributed by atoms with Crippen molar-refractivity contribution in [3.05, 3.63) is 0 Å². The third-order valence-corrected chi connectivity index (χ3v) is 4.25. The SMILES string of the molecule is C1CCN(C2C3CCC2CNC3)C1. The first-order chi connectivity index (χ1) is 6.45. The average Bonchev–Trinajstić information content (AvgIpc) is 2.72. The van der Waals surface area contributed by atoms with Crippen LogP contribution < -0.4 is 5.32 Å². The van der Waals surface area contributed by atoms with Gasteiger partial charge in [0.05, 0.1) is 0 Å². The Morgan fingerprint density at radius 2 is 1.54 bits per heavy atom.